The molecule has 30 heavy (non-hydrogen) atoms. The molecule has 0 fully saturated rings. The van der Waals surface area contributed by atoms with Crippen LogP contribution in [0.15, 0.2) is 53.1 Å². The van der Waals surface area contributed by atoms with Gasteiger partial charge >= 0.3 is 12.1 Å². The van der Waals surface area contributed by atoms with Crippen LogP contribution in [0.5, 0.6) is 0 Å². The Morgan fingerprint density at radius 2 is 1.70 bits per heavy atom. The zero-order chi connectivity index (χ0) is 21.8. The second-order valence-corrected chi connectivity index (χ2v) is 8.93. The first kappa shape index (κ1) is 22.2. The molecule has 1 atom stereocenters. The molecule has 0 bridgehead atoms. The minimum atomic E-state index is -4.70. The van der Waals surface area contributed by atoms with E-state index in [-0.39, 0.29) is 18.6 Å². The van der Waals surface area contributed by atoms with Gasteiger partial charge in [0, 0.05) is 12.1 Å². The molecule has 6 nitrogen and oxygen atoms in total. The fourth-order valence-electron chi connectivity index (χ4n) is 2.73. The van der Waals surface area contributed by atoms with Crippen molar-refractivity contribution in [1.82, 2.24) is 15.2 Å². The van der Waals surface area contributed by atoms with Gasteiger partial charge in [0.05, 0.1) is 12.8 Å². The van der Waals surface area contributed by atoms with Gasteiger partial charge in [0.25, 0.3) is 7.52 Å². The van der Waals surface area contributed by atoms with Crippen LogP contribution in [0.4, 0.5) is 13.2 Å². The molecule has 0 aliphatic rings. The van der Waals surface area contributed by atoms with Crippen molar-refractivity contribution >= 4 is 7.52 Å². The lowest BCUT2D eigenvalue weighted by atomic mass is 10.1. The van der Waals surface area contributed by atoms with Crippen molar-refractivity contribution < 1.29 is 26.8 Å². The third-order valence-electron chi connectivity index (χ3n) is 4.25. The van der Waals surface area contributed by atoms with Crippen LogP contribution in [0.2, 0.25) is 0 Å². The van der Waals surface area contributed by atoms with Crippen LogP contribution in [-0.2, 0) is 28.0 Å². The van der Waals surface area contributed by atoms with Crippen molar-refractivity contribution in [1.29, 1.82) is 0 Å². The summed E-state index contributed by atoms with van der Waals surface area (Å²) in [6.07, 6.45) is -4.56. The third-order valence-corrected chi connectivity index (χ3v) is 6.35. The van der Waals surface area contributed by atoms with Gasteiger partial charge in [-0.2, -0.15) is 18.2 Å². The smallest absolute Gasteiger partial charge is 0.329 e. The lowest BCUT2D eigenvalue weighted by Gasteiger charge is -2.19. The predicted octanol–water partition coefficient (Wildman–Crippen LogP) is 5.58. The molecule has 3 rings (SSSR count). The maximum absolute atomic E-state index is 13.2. The maximum Gasteiger partial charge on any atom is 0.471 e. The molecular weight excluding hydrogens is 418 g/mol. The van der Waals surface area contributed by atoms with E-state index in [1.54, 1.807) is 31.2 Å². The Hall–Kier alpha value is -2.48. The number of hydrogen-bond acceptors (Lipinski definition) is 5. The van der Waals surface area contributed by atoms with E-state index in [1.807, 2.05) is 31.2 Å². The Kier molecular flexibility index (Phi) is 6.75. The molecule has 3 aromatic rings. The largest absolute Gasteiger partial charge is 0.471 e. The highest BCUT2D eigenvalue weighted by molar-refractivity contribution is 7.56. The lowest BCUT2D eigenvalue weighted by Crippen LogP contribution is -2.14. The van der Waals surface area contributed by atoms with Crippen molar-refractivity contribution in [2.24, 2.45) is 0 Å². The SMILES string of the molecule is CCOP(=O)(Cc1ccc(-c2noc(C(F)(F)F)n2)cc1)NCc1ccc(C)cc1. The molecule has 0 aliphatic heterocycles. The molecular formula is C20H21F3N3O3P. The Balaban J connectivity index is 1.70. The molecule has 1 aromatic heterocycles. The summed E-state index contributed by atoms with van der Waals surface area (Å²) >= 11 is 0. The van der Waals surface area contributed by atoms with Gasteiger partial charge in [-0.1, -0.05) is 59.3 Å². The van der Waals surface area contributed by atoms with Crippen molar-refractivity contribution in [3.8, 4) is 11.4 Å². The molecule has 160 valence electrons. The van der Waals surface area contributed by atoms with Gasteiger partial charge in [0.15, 0.2) is 0 Å². The second-order valence-electron chi connectivity index (χ2n) is 6.69. The first-order valence-corrected chi connectivity index (χ1v) is 11.0. The van der Waals surface area contributed by atoms with E-state index in [1.165, 1.54) is 0 Å². The van der Waals surface area contributed by atoms with E-state index >= 15 is 0 Å². The molecule has 0 amide bonds. The summed E-state index contributed by atoms with van der Waals surface area (Å²) in [5, 5.41) is 6.37. The number of nitrogens with one attached hydrogen (secondary N) is 1. The van der Waals surface area contributed by atoms with Gasteiger partial charge in [0.1, 0.15) is 0 Å². The van der Waals surface area contributed by atoms with Crippen molar-refractivity contribution in [3.63, 3.8) is 0 Å². The normalized spacial score (nSPS) is 13.9. The van der Waals surface area contributed by atoms with Gasteiger partial charge in [-0.15, -0.1) is 0 Å². The van der Waals surface area contributed by atoms with Gasteiger partial charge in [-0.05, 0) is 25.0 Å². The summed E-state index contributed by atoms with van der Waals surface area (Å²) in [6.45, 7) is 4.42. The highest BCUT2D eigenvalue weighted by Gasteiger charge is 2.38. The molecule has 10 heteroatoms. The Morgan fingerprint density at radius 1 is 1.07 bits per heavy atom. The average Bonchev–Trinajstić information content (AvgIpc) is 3.19. The molecule has 0 saturated carbocycles. The van der Waals surface area contributed by atoms with E-state index in [2.05, 4.69) is 19.8 Å². The summed E-state index contributed by atoms with van der Waals surface area (Å²) < 4.78 is 60.8. The first-order chi connectivity index (χ1) is 14.2. The number of aromatic nitrogens is 2. The van der Waals surface area contributed by atoms with Gasteiger partial charge < -0.3 is 9.05 Å². The average molecular weight is 439 g/mol. The number of benzene rings is 2. The Morgan fingerprint density at radius 3 is 2.27 bits per heavy atom. The molecule has 0 aliphatic carbocycles. The molecule has 0 radical (unpaired) electrons. The summed E-state index contributed by atoms with van der Waals surface area (Å²) in [5.74, 6) is -1.57. The van der Waals surface area contributed by atoms with Gasteiger partial charge in [0.2, 0.25) is 5.82 Å². The number of aryl methyl sites for hydroxylation is 1. The van der Waals surface area contributed by atoms with E-state index in [0.29, 0.717) is 17.7 Å². The second kappa shape index (κ2) is 9.12. The topological polar surface area (TPSA) is 77.2 Å². The lowest BCUT2D eigenvalue weighted by molar-refractivity contribution is -0.159. The van der Waals surface area contributed by atoms with E-state index < -0.39 is 19.6 Å². The van der Waals surface area contributed by atoms with Crippen LogP contribution in [0.25, 0.3) is 11.4 Å². The van der Waals surface area contributed by atoms with Gasteiger partial charge in [-0.25, -0.2) is 5.09 Å². The number of nitrogens with zero attached hydrogens (tertiary/aromatic N) is 2. The van der Waals surface area contributed by atoms with Gasteiger partial charge in [-0.3, -0.25) is 4.57 Å². The zero-order valence-electron chi connectivity index (χ0n) is 16.4. The van der Waals surface area contributed by atoms with Crippen molar-refractivity contribution in [2.75, 3.05) is 6.61 Å². The Labute approximate surface area is 172 Å². The summed E-state index contributed by atoms with van der Waals surface area (Å²) in [7, 11) is -3.17. The minimum absolute atomic E-state index is 0.132. The van der Waals surface area contributed by atoms with Crippen LogP contribution in [-0.4, -0.2) is 16.7 Å². The number of hydrogen-bond donors (Lipinski definition) is 1. The highest BCUT2D eigenvalue weighted by Crippen LogP contribution is 2.46. The van der Waals surface area contributed by atoms with Crippen molar-refractivity contribution in [3.05, 3.63) is 71.1 Å². The molecule has 1 heterocycles. The standard InChI is InChI=1S/C20H21F3N3O3P/c1-3-28-30(27,24-12-15-6-4-14(2)5-7-15)13-16-8-10-17(11-9-16)18-25-19(29-26-18)20(21,22)23/h4-11H,3,12-13H2,1-2H3,(H,24,27). The zero-order valence-corrected chi connectivity index (χ0v) is 17.3. The molecule has 0 saturated heterocycles. The summed E-state index contributed by atoms with van der Waals surface area (Å²) in [6, 6.07) is 14.3. The minimum Gasteiger partial charge on any atom is -0.329 e. The quantitative estimate of drug-likeness (QED) is 0.462. The van der Waals surface area contributed by atoms with Crippen LogP contribution < -0.4 is 5.09 Å². The van der Waals surface area contributed by atoms with Crippen molar-refractivity contribution in [2.45, 2.75) is 32.7 Å². The number of rotatable bonds is 8. The fraction of sp³-hybridized carbons (Fsp3) is 0.300. The van der Waals surface area contributed by atoms with Crippen LogP contribution in [0, 0.1) is 6.92 Å². The Bertz CT molecular complexity index is 1020. The highest BCUT2D eigenvalue weighted by atomic mass is 31.2. The molecule has 2 aromatic carbocycles. The van der Waals surface area contributed by atoms with E-state index in [9.17, 15) is 17.7 Å². The van der Waals surface area contributed by atoms with Crippen LogP contribution in [0.1, 0.15) is 29.5 Å². The van der Waals surface area contributed by atoms with Crippen LogP contribution >= 0.6 is 7.52 Å². The third kappa shape index (κ3) is 5.78. The van der Waals surface area contributed by atoms with E-state index in [4.69, 9.17) is 4.52 Å². The first-order valence-electron chi connectivity index (χ1n) is 9.23. The maximum atomic E-state index is 13.2. The predicted molar refractivity (Wildman–Crippen MR) is 106 cm³/mol. The summed E-state index contributed by atoms with van der Waals surface area (Å²) in [5.41, 5.74) is 3.17. The number of alkyl halides is 3. The van der Waals surface area contributed by atoms with Crippen LogP contribution in [0.3, 0.4) is 0 Å². The molecule has 0 spiro atoms. The molecule has 1 unspecified atom stereocenters. The summed E-state index contributed by atoms with van der Waals surface area (Å²) in [4.78, 5) is 3.36. The monoisotopic (exact) mass is 439 g/mol. The van der Waals surface area contributed by atoms with E-state index in [0.717, 1.165) is 11.1 Å². The number of halogens is 3. The molecule has 1 N–H and O–H groups in total. The fourth-order valence-corrected chi connectivity index (χ4v) is 4.56.